The van der Waals surface area contributed by atoms with Gasteiger partial charge in [-0.1, -0.05) is 18.2 Å². The molecule has 0 spiro atoms. The minimum absolute atomic E-state index is 0.104. The van der Waals surface area contributed by atoms with Gasteiger partial charge < -0.3 is 20.1 Å². The predicted molar refractivity (Wildman–Crippen MR) is 88.2 cm³/mol. The summed E-state index contributed by atoms with van der Waals surface area (Å²) in [7, 11) is 1.67. The lowest BCUT2D eigenvalue weighted by Crippen LogP contribution is -2.42. The molecular formula is C17H28N2O3. The molecule has 2 unspecified atom stereocenters. The lowest BCUT2D eigenvalue weighted by molar-refractivity contribution is 0.0522. The van der Waals surface area contributed by atoms with Crippen LogP contribution in [0.4, 0.5) is 4.79 Å². The Morgan fingerprint density at radius 1 is 1.23 bits per heavy atom. The quantitative estimate of drug-likeness (QED) is 0.847. The molecule has 0 aromatic heterocycles. The third kappa shape index (κ3) is 6.35. The molecule has 0 radical (unpaired) electrons. The summed E-state index contributed by atoms with van der Waals surface area (Å²) in [6.45, 7) is 10.1. The van der Waals surface area contributed by atoms with Gasteiger partial charge in [-0.25, -0.2) is 4.79 Å². The van der Waals surface area contributed by atoms with Gasteiger partial charge in [0.25, 0.3) is 0 Å². The molecule has 1 aromatic rings. The minimum Gasteiger partial charge on any atom is -0.496 e. The van der Waals surface area contributed by atoms with E-state index in [1.165, 1.54) is 0 Å². The first-order valence-electron chi connectivity index (χ1n) is 7.58. The zero-order chi connectivity index (χ0) is 16.8. The van der Waals surface area contributed by atoms with Gasteiger partial charge in [-0.15, -0.1) is 0 Å². The summed E-state index contributed by atoms with van der Waals surface area (Å²) >= 11 is 0. The molecule has 2 atom stereocenters. The van der Waals surface area contributed by atoms with E-state index < -0.39 is 11.7 Å². The lowest BCUT2D eigenvalue weighted by Gasteiger charge is -2.24. The van der Waals surface area contributed by atoms with Crippen LogP contribution in [0.2, 0.25) is 0 Å². The molecule has 0 aliphatic carbocycles. The smallest absolute Gasteiger partial charge is 0.407 e. The first-order valence-corrected chi connectivity index (χ1v) is 7.58. The Balaban J connectivity index is 2.47. The highest BCUT2D eigenvalue weighted by molar-refractivity contribution is 5.67. The largest absolute Gasteiger partial charge is 0.496 e. The summed E-state index contributed by atoms with van der Waals surface area (Å²) in [6, 6.07) is 8.13. The van der Waals surface area contributed by atoms with Crippen molar-refractivity contribution in [3.63, 3.8) is 0 Å². The van der Waals surface area contributed by atoms with Crippen molar-refractivity contribution in [3.8, 4) is 5.75 Å². The zero-order valence-corrected chi connectivity index (χ0v) is 14.4. The van der Waals surface area contributed by atoms with E-state index in [0.29, 0.717) is 6.54 Å². The Bertz CT molecular complexity index is 483. The fourth-order valence-corrected chi connectivity index (χ4v) is 2.15. The van der Waals surface area contributed by atoms with Gasteiger partial charge in [0, 0.05) is 24.2 Å². The van der Waals surface area contributed by atoms with Crippen LogP contribution in [0, 0.1) is 0 Å². The molecule has 1 aromatic carbocycles. The third-order valence-electron chi connectivity index (χ3n) is 3.09. The normalized spacial score (nSPS) is 14.1. The van der Waals surface area contributed by atoms with Gasteiger partial charge in [0.1, 0.15) is 11.4 Å². The maximum atomic E-state index is 11.6. The molecule has 0 fully saturated rings. The fourth-order valence-electron chi connectivity index (χ4n) is 2.15. The SMILES string of the molecule is COc1ccccc1C(C)NC(C)CNC(=O)OC(C)(C)C. The lowest BCUT2D eigenvalue weighted by atomic mass is 10.1. The molecule has 0 aliphatic rings. The minimum atomic E-state index is -0.481. The third-order valence-corrected chi connectivity index (χ3v) is 3.09. The second-order valence-corrected chi connectivity index (χ2v) is 6.41. The first kappa shape index (κ1) is 18.3. The standard InChI is InChI=1S/C17H28N2O3/c1-12(11-18-16(20)22-17(3,4)5)19-13(2)14-9-7-8-10-15(14)21-6/h7-10,12-13,19H,11H2,1-6H3,(H,18,20). The van der Waals surface area contributed by atoms with E-state index in [1.807, 2.05) is 52.0 Å². The average molecular weight is 308 g/mol. The molecule has 0 saturated heterocycles. The average Bonchev–Trinajstić information content (AvgIpc) is 2.43. The van der Waals surface area contributed by atoms with Crippen LogP contribution in [0.15, 0.2) is 24.3 Å². The van der Waals surface area contributed by atoms with Gasteiger partial charge in [0.15, 0.2) is 0 Å². The molecule has 1 amide bonds. The molecule has 1 rings (SSSR count). The number of carbonyl (C=O) groups is 1. The summed E-state index contributed by atoms with van der Waals surface area (Å²) in [5.41, 5.74) is 0.611. The number of para-hydroxylation sites is 1. The highest BCUT2D eigenvalue weighted by Crippen LogP contribution is 2.24. The van der Waals surface area contributed by atoms with Crippen molar-refractivity contribution in [3.05, 3.63) is 29.8 Å². The molecule has 0 saturated carbocycles. The Morgan fingerprint density at radius 3 is 2.45 bits per heavy atom. The number of benzene rings is 1. The van der Waals surface area contributed by atoms with Crippen molar-refractivity contribution in [2.75, 3.05) is 13.7 Å². The highest BCUT2D eigenvalue weighted by atomic mass is 16.6. The molecule has 5 heteroatoms. The number of rotatable bonds is 6. The number of nitrogens with one attached hydrogen (secondary N) is 2. The van der Waals surface area contributed by atoms with Crippen molar-refractivity contribution >= 4 is 6.09 Å². The van der Waals surface area contributed by atoms with Gasteiger partial charge in [-0.3, -0.25) is 0 Å². The van der Waals surface area contributed by atoms with Crippen LogP contribution in [0.3, 0.4) is 0 Å². The van der Waals surface area contributed by atoms with E-state index in [0.717, 1.165) is 11.3 Å². The van der Waals surface area contributed by atoms with E-state index in [9.17, 15) is 4.79 Å². The monoisotopic (exact) mass is 308 g/mol. The molecule has 0 bridgehead atoms. The maximum absolute atomic E-state index is 11.6. The number of alkyl carbamates (subject to hydrolysis) is 1. The Hall–Kier alpha value is -1.75. The number of amides is 1. The van der Waals surface area contributed by atoms with Crippen LogP contribution >= 0.6 is 0 Å². The summed E-state index contributed by atoms with van der Waals surface area (Å²) in [5, 5.41) is 6.21. The molecule has 5 nitrogen and oxygen atoms in total. The van der Waals surface area contributed by atoms with Crippen LogP contribution in [-0.4, -0.2) is 31.4 Å². The van der Waals surface area contributed by atoms with Gasteiger partial charge in [-0.2, -0.15) is 0 Å². The topological polar surface area (TPSA) is 59.6 Å². The van der Waals surface area contributed by atoms with Crippen molar-refractivity contribution in [2.24, 2.45) is 0 Å². The molecule has 0 heterocycles. The molecule has 124 valence electrons. The number of ether oxygens (including phenoxy) is 2. The second kappa shape index (κ2) is 8.03. The summed E-state index contributed by atoms with van der Waals surface area (Å²) in [4.78, 5) is 11.6. The number of hydrogen-bond donors (Lipinski definition) is 2. The first-order chi connectivity index (χ1) is 10.2. The molecule has 2 N–H and O–H groups in total. The van der Waals surface area contributed by atoms with E-state index in [-0.39, 0.29) is 12.1 Å². The van der Waals surface area contributed by atoms with Crippen molar-refractivity contribution in [1.29, 1.82) is 0 Å². The summed E-state index contributed by atoms with van der Waals surface area (Å²) in [5.74, 6) is 0.856. The van der Waals surface area contributed by atoms with Gasteiger partial charge in [0.05, 0.1) is 7.11 Å². The second-order valence-electron chi connectivity index (χ2n) is 6.41. The number of carbonyl (C=O) groups excluding carboxylic acids is 1. The van der Waals surface area contributed by atoms with Crippen molar-refractivity contribution in [2.45, 2.75) is 52.3 Å². The summed E-state index contributed by atoms with van der Waals surface area (Å²) < 4.78 is 10.6. The van der Waals surface area contributed by atoms with Crippen molar-refractivity contribution in [1.82, 2.24) is 10.6 Å². The van der Waals surface area contributed by atoms with Crippen LogP contribution in [0.1, 0.15) is 46.2 Å². The summed E-state index contributed by atoms with van der Waals surface area (Å²) in [6.07, 6.45) is -0.397. The van der Waals surface area contributed by atoms with E-state index in [4.69, 9.17) is 9.47 Å². The van der Waals surface area contributed by atoms with E-state index >= 15 is 0 Å². The van der Waals surface area contributed by atoms with E-state index in [2.05, 4.69) is 17.6 Å². The van der Waals surface area contributed by atoms with Gasteiger partial charge in [0.2, 0.25) is 0 Å². The molecular weight excluding hydrogens is 280 g/mol. The van der Waals surface area contributed by atoms with Crippen LogP contribution in [0.25, 0.3) is 0 Å². The number of hydrogen-bond acceptors (Lipinski definition) is 4. The van der Waals surface area contributed by atoms with Crippen LogP contribution in [0.5, 0.6) is 5.75 Å². The Kier molecular flexibility index (Phi) is 6.68. The van der Waals surface area contributed by atoms with Crippen LogP contribution in [-0.2, 0) is 4.74 Å². The Labute approximate surface area is 133 Å². The predicted octanol–water partition coefficient (Wildman–Crippen LogP) is 3.26. The highest BCUT2D eigenvalue weighted by Gasteiger charge is 2.17. The fraction of sp³-hybridized carbons (Fsp3) is 0.588. The van der Waals surface area contributed by atoms with Crippen molar-refractivity contribution < 1.29 is 14.3 Å². The van der Waals surface area contributed by atoms with Gasteiger partial charge in [-0.05, 0) is 40.7 Å². The number of methoxy groups -OCH3 is 1. The van der Waals surface area contributed by atoms with E-state index in [1.54, 1.807) is 7.11 Å². The molecule has 0 aliphatic heterocycles. The zero-order valence-electron chi connectivity index (χ0n) is 14.4. The maximum Gasteiger partial charge on any atom is 0.407 e. The van der Waals surface area contributed by atoms with Crippen LogP contribution < -0.4 is 15.4 Å². The molecule has 22 heavy (non-hydrogen) atoms. The van der Waals surface area contributed by atoms with Gasteiger partial charge >= 0.3 is 6.09 Å². The Morgan fingerprint density at radius 2 is 1.86 bits per heavy atom.